The molecule has 4 fully saturated rings. The van der Waals surface area contributed by atoms with Crippen molar-refractivity contribution in [3.63, 3.8) is 0 Å². The molecule has 6 atom stereocenters. The second-order valence-corrected chi connectivity index (χ2v) is 5.66. The summed E-state index contributed by atoms with van der Waals surface area (Å²) in [6.07, 6.45) is 6.51. The second kappa shape index (κ2) is 1.30. The molecule has 0 amide bonds. The zero-order chi connectivity index (χ0) is 7.22. The molecule has 0 saturated heterocycles. The topological polar surface area (TPSA) is 0 Å². The highest BCUT2D eigenvalue weighted by Gasteiger charge is 2.76. The van der Waals surface area contributed by atoms with Gasteiger partial charge in [0.1, 0.15) is 0 Å². The van der Waals surface area contributed by atoms with Crippen LogP contribution in [0.25, 0.3) is 0 Å². The van der Waals surface area contributed by atoms with Gasteiger partial charge in [0.2, 0.25) is 0 Å². The van der Waals surface area contributed by atoms with Crippen molar-refractivity contribution in [3.8, 4) is 0 Å². The fraction of sp³-hybridized carbons (Fsp3) is 1.00. The van der Waals surface area contributed by atoms with Crippen molar-refractivity contribution in [1.82, 2.24) is 0 Å². The van der Waals surface area contributed by atoms with Crippen molar-refractivity contribution in [3.05, 3.63) is 0 Å². The van der Waals surface area contributed by atoms with Crippen LogP contribution in [0.3, 0.4) is 0 Å². The van der Waals surface area contributed by atoms with E-state index in [2.05, 4.69) is 6.92 Å². The van der Waals surface area contributed by atoms with Crippen molar-refractivity contribution in [2.75, 3.05) is 0 Å². The first-order chi connectivity index (χ1) is 5.32. The molecule has 60 valence electrons. The highest BCUT2D eigenvalue weighted by molar-refractivity contribution is 5.24. The Morgan fingerprint density at radius 1 is 1.09 bits per heavy atom. The number of rotatable bonds is 0. The van der Waals surface area contributed by atoms with Gasteiger partial charge in [-0.15, -0.1) is 0 Å². The van der Waals surface area contributed by atoms with Gasteiger partial charge in [0.25, 0.3) is 0 Å². The van der Waals surface area contributed by atoms with Crippen LogP contribution >= 0.6 is 0 Å². The number of fused-ring (bicyclic) bond motifs is 1. The van der Waals surface area contributed by atoms with E-state index in [0.717, 1.165) is 11.3 Å². The van der Waals surface area contributed by atoms with Crippen LogP contribution < -0.4 is 0 Å². The molecule has 0 aromatic heterocycles. The quantitative estimate of drug-likeness (QED) is 0.495. The van der Waals surface area contributed by atoms with E-state index < -0.39 is 0 Å². The minimum atomic E-state index is 0.976. The van der Waals surface area contributed by atoms with Crippen LogP contribution in [0, 0.1) is 35.0 Å². The molecule has 0 heterocycles. The van der Waals surface area contributed by atoms with E-state index in [0.29, 0.717) is 0 Å². The summed E-state index contributed by atoms with van der Waals surface area (Å²) in [6.45, 7) is 2.51. The molecule has 0 nitrogen and oxygen atoms in total. The Morgan fingerprint density at radius 2 is 1.91 bits per heavy atom. The molecule has 11 heavy (non-hydrogen) atoms. The summed E-state index contributed by atoms with van der Waals surface area (Å²) in [6, 6.07) is 0. The van der Waals surface area contributed by atoms with Crippen LogP contribution in [-0.4, -0.2) is 0 Å². The monoisotopic (exact) mass is 148 g/mol. The highest BCUT2D eigenvalue weighted by Crippen LogP contribution is 2.82. The highest BCUT2D eigenvalue weighted by atomic mass is 14.8. The Labute approximate surface area is 68.4 Å². The lowest BCUT2D eigenvalue weighted by Crippen LogP contribution is -2.64. The molecule has 4 rings (SSSR count). The van der Waals surface area contributed by atoms with Gasteiger partial charge in [0.05, 0.1) is 0 Å². The molecule has 0 radical (unpaired) electrons. The van der Waals surface area contributed by atoms with Crippen LogP contribution in [0.4, 0.5) is 0 Å². The molecule has 0 aromatic rings. The summed E-state index contributed by atoms with van der Waals surface area (Å²) < 4.78 is 0. The Hall–Kier alpha value is 0. The maximum atomic E-state index is 2.51. The summed E-state index contributed by atoms with van der Waals surface area (Å²) in [7, 11) is 0. The zero-order valence-electron chi connectivity index (χ0n) is 7.22. The molecule has 4 aliphatic rings. The van der Waals surface area contributed by atoms with Crippen LogP contribution in [-0.2, 0) is 0 Å². The molecule has 0 N–H and O–H groups in total. The Kier molecular flexibility index (Phi) is 0.661. The summed E-state index contributed by atoms with van der Waals surface area (Å²) in [5.74, 6) is 5.92. The third-order valence-electron chi connectivity index (χ3n) is 5.80. The zero-order valence-corrected chi connectivity index (χ0v) is 7.22. The van der Waals surface area contributed by atoms with Crippen LogP contribution in [0.5, 0.6) is 0 Å². The summed E-state index contributed by atoms with van der Waals surface area (Å²) >= 11 is 0. The van der Waals surface area contributed by atoms with E-state index in [1.807, 2.05) is 0 Å². The first-order valence-corrected chi connectivity index (χ1v) is 5.32. The van der Waals surface area contributed by atoms with Crippen molar-refractivity contribution >= 4 is 0 Å². The Morgan fingerprint density at radius 3 is 2.64 bits per heavy atom. The van der Waals surface area contributed by atoms with E-state index in [9.17, 15) is 0 Å². The van der Waals surface area contributed by atoms with Crippen LogP contribution in [0.2, 0.25) is 0 Å². The fourth-order valence-corrected chi connectivity index (χ4v) is 5.56. The Balaban J connectivity index is 1.86. The predicted octanol–water partition coefficient (Wildman–Crippen LogP) is 2.69. The molecular weight excluding hydrogens is 132 g/mol. The lowest BCUT2D eigenvalue weighted by Gasteiger charge is -2.70. The first kappa shape index (κ1) is 5.61. The van der Waals surface area contributed by atoms with E-state index >= 15 is 0 Å². The van der Waals surface area contributed by atoms with Crippen molar-refractivity contribution in [2.24, 2.45) is 35.0 Å². The van der Waals surface area contributed by atoms with Crippen LogP contribution in [0.1, 0.15) is 32.6 Å². The summed E-state index contributed by atoms with van der Waals surface area (Å²) in [4.78, 5) is 0. The number of hydrogen-bond acceptors (Lipinski definition) is 0. The molecule has 0 aromatic carbocycles. The van der Waals surface area contributed by atoms with E-state index in [4.69, 9.17) is 0 Å². The van der Waals surface area contributed by atoms with E-state index in [1.54, 1.807) is 25.7 Å². The predicted molar refractivity (Wildman–Crippen MR) is 44.0 cm³/mol. The average molecular weight is 148 g/mol. The van der Waals surface area contributed by atoms with Crippen molar-refractivity contribution in [1.29, 1.82) is 0 Å². The lowest BCUT2D eigenvalue weighted by atomic mass is 9.34. The van der Waals surface area contributed by atoms with Gasteiger partial charge >= 0.3 is 0 Å². The summed E-state index contributed by atoms with van der Waals surface area (Å²) in [5.41, 5.74) is 0.976. The van der Waals surface area contributed by atoms with Crippen LogP contribution in [0.15, 0.2) is 0 Å². The minimum Gasteiger partial charge on any atom is -0.0619 e. The van der Waals surface area contributed by atoms with Gasteiger partial charge in [-0.05, 0) is 60.7 Å². The molecular formula is C11H16. The van der Waals surface area contributed by atoms with Crippen molar-refractivity contribution < 1.29 is 0 Å². The third-order valence-corrected chi connectivity index (χ3v) is 5.80. The Bertz CT molecular complexity index is 232. The first-order valence-electron chi connectivity index (χ1n) is 5.32. The SMILES string of the molecule is CC1C2CC3CC4CC1C42C3. The fourth-order valence-electron chi connectivity index (χ4n) is 5.56. The lowest BCUT2D eigenvalue weighted by molar-refractivity contribution is -0.221. The van der Waals surface area contributed by atoms with Gasteiger partial charge in [-0.2, -0.15) is 0 Å². The standard InChI is InChI=1S/C11H16/c1-6-9-3-7-2-8-4-10(6)11(8,9)5-7/h6-10H,2-5H2,1H3. The molecule has 2 bridgehead atoms. The maximum Gasteiger partial charge on any atom is -0.0204 e. The molecule has 0 aliphatic heterocycles. The molecule has 1 spiro atoms. The summed E-state index contributed by atoms with van der Waals surface area (Å²) in [5, 5.41) is 0. The van der Waals surface area contributed by atoms with Gasteiger partial charge in [-0.25, -0.2) is 0 Å². The van der Waals surface area contributed by atoms with Gasteiger partial charge in [-0.1, -0.05) is 6.92 Å². The molecule has 4 saturated carbocycles. The third kappa shape index (κ3) is 0.346. The molecule has 0 heteroatoms. The van der Waals surface area contributed by atoms with Gasteiger partial charge in [-0.3, -0.25) is 0 Å². The van der Waals surface area contributed by atoms with E-state index in [-0.39, 0.29) is 0 Å². The van der Waals surface area contributed by atoms with E-state index in [1.165, 1.54) is 23.7 Å². The largest absolute Gasteiger partial charge is 0.0619 e. The normalized spacial score (nSPS) is 75.5. The average Bonchev–Trinajstić information content (AvgIpc) is 2.45. The van der Waals surface area contributed by atoms with Gasteiger partial charge < -0.3 is 0 Å². The molecule has 6 unspecified atom stereocenters. The minimum absolute atomic E-state index is 0.976. The smallest absolute Gasteiger partial charge is 0.0204 e. The van der Waals surface area contributed by atoms with Crippen molar-refractivity contribution in [2.45, 2.75) is 32.6 Å². The second-order valence-electron chi connectivity index (χ2n) is 5.66. The molecule has 4 aliphatic carbocycles. The number of hydrogen-bond donors (Lipinski definition) is 0. The maximum absolute atomic E-state index is 2.51. The van der Waals surface area contributed by atoms with Gasteiger partial charge in [0, 0.05) is 0 Å². The van der Waals surface area contributed by atoms with Gasteiger partial charge in [0.15, 0.2) is 0 Å².